The lowest BCUT2D eigenvalue weighted by Gasteiger charge is -2.34. The van der Waals surface area contributed by atoms with E-state index in [2.05, 4.69) is 4.72 Å². The van der Waals surface area contributed by atoms with Crippen molar-refractivity contribution in [2.24, 2.45) is 0 Å². The van der Waals surface area contributed by atoms with Crippen molar-refractivity contribution in [2.45, 2.75) is 44.4 Å². The highest BCUT2D eigenvalue weighted by atomic mass is 32.2. The lowest BCUT2D eigenvalue weighted by Crippen LogP contribution is -2.53. The highest BCUT2D eigenvalue weighted by molar-refractivity contribution is 7.90. The minimum atomic E-state index is -3.19. The Bertz CT molecular complexity index is 278. The molecule has 0 aromatic rings. The predicted octanol–water partition coefficient (Wildman–Crippen LogP) is 0.883. The molecule has 84 valence electrons. The van der Waals surface area contributed by atoms with Gasteiger partial charge in [0.15, 0.2) is 0 Å². The number of hydrogen-bond acceptors (Lipinski definition) is 3. The maximum atomic E-state index is 11.6. The van der Waals surface area contributed by atoms with Crippen molar-refractivity contribution in [3.05, 3.63) is 0 Å². The number of nitrogens with one attached hydrogen (secondary N) is 1. The molecule has 1 heterocycles. The molecule has 1 aliphatic rings. The molecule has 5 heteroatoms. The lowest BCUT2D eigenvalue weighted by molar-refractivity contribution is 0.0386. The summed E-state index contributed by atoms with van der Waals surface area (Å²) in [6, 6.07) is 0. The van der Waals surface area contributed by atoms with Gasteiger partial charge in [-0.3, -0.25) is 0 Å². The van der Waals surface area contributed by atoms with Crippen LogP contribution in [0.2, 0.25) is 0 Å². The molecule has 1 saturated heterocycles. The quantitative estimate of drug-likeness (QED) is 0.770. The monoisotopic (exact) mass is 221 g/mol. The molecule has 1 fully saturated rings. The van der Waals surface area contributed by atoms with E-state index in [9.17, 15) is 8.42 Å². The van der Waals surface area contributed by atoms with Crippen LogP contribution in [0.5, 0.6) is 0 Å². The van der Waals surface area contributed by atoms with Crippen LogP contribution in [0, 0.1) is 0 Å². The Labute approximate surface area is 86.1 Å². The van der Waals surface area contributed by atoms with Gasteiger partial charge in [-0.15, -0.1) is 0 Å². The van der Waals surface area contributed by atoms with Crippen molar-refractivity contribution in [2.75, 3.05) is 13.2 Å². The van der Waals surface area contributed by atoms with Crippen LogP contribution < -0.4 is 4.72 Å². The largest absolute Gasteiger partial charge is 0.380 e. The molecule has 0 amide bonds. The standard InChI is InChI=1S/C9H19NO3S/c1-8(2)14(11,12)10-9(3)5-4-6-13-7-9/h8,10H,4-7H2,1-3H3. The van der Waals surface area contributed by atoms with E-state index >= 15 is 0 Å². The van der Waals surface area contributed by atoms with Crippen LogP contribution in [-0.4, -0.2) is 32.4 Å². The molecule has 14 heavy (non-hydrogen) atoms. The molecule has 1 rings (SSSR count). The highest BCUT2D eigenvalue weighted by Crippen LogP contribution is 2.20. The molecule has 1 atom stereocenters. The second-order valence-corrected chi connectivity index (χ2v) is 6.65. The van der Waals surface area contributed by atoms with Crippen molar-refractivity contribution >= 4 is 10.0 Å². The Morgan fingerprint density at radius 3 is 2.50 bits per heavy atom. The van der Waals surface area contributed by atoms with Gasteiger partial charge < -0.3 is 4.74 Å². The van der Waals surface area contributed by atoms with E-state index in [1.54, 1.807) is 13.8 Å². The summed E-state index contributed by atoms with van der Waals surface area (Å²) in [5.74, 6) is 0. The Morgan fingerprint density at radius 1 is 1.43 bits per heavy atom. The second-order valence-electron chi connectivity index (χ2n) is 4.41. The highest BCUT2D eigenvalue weighted by Gasteiger charge is 2.33. The van der Waals surface area contributed by atoms with Crippen LogP contribution in [0.15, 0.2) is 0 Å². The van der Waals surface area contributed by atoms with Crippen LogP contribution in [0.3, 0.4) is 0 Å². The normalized spacial score (nSPS) is 29.4. The molecule has 0 aliphatic carbocycles. The Morgan fingerprint density at radius 2 is 2.07 bits per heavy atom. The fourth-order valence-electron chi connectivity index (χ4n) is 1.48. The molecule has 4 nitrogen and oxygen atoms in total. The van der Waals surface area contributed by atoms with Gasteiger partial charge in [0, 0.05) is 6.61 Å². The molecule has 0 spiro atoms. The first-order chi connectivity index (χ1) is 6.36. The summed E-state index contributed by atoms with van der Waals surface area (Å²) < 4.78 is 31.3. The van der Waals surface area contributed by atoms with Gasteiger partial charge in [0.05, 0.1) is 17.4 Å². The molecular formula is C9H19NO3S. The second kappa shape index (κ2) is 4.16. The van der Waals surface area contributed by atoms with Gasteiger partial charge >= 0.3 is 0 Å². The number of hydrogen-bond donors (Lipinski definition) is 1. The van der Waals surface area contributed by atoms with Crippen molar-refractivity contribution in [3.8, 4) is 0 Å². The maximum absolute atomic E-state index is 11.6. The van der Waals surface area contributed by atoms with Crippen molar-refractivity contribution in [3.63, 3.8) is 0 Å². The predicted molar refractivity (Wildman–Crippen MR) is 55.6 cm³/mol. The first-order valence-corrected chi connectivity index (χ1v) is 6.51. The van der Waals surface area contributed by atoms with E-state index in [0.717, 1.165) is 19.4 Å². The topological polar surface area (TPSA) is 55.4 Å². The molecule has 1 unspecified atom stereocenters. The summed E-state index contributed by atoms with van der Waals surface area (Å²) in [5, 5.41) is -0.388. The first kappa shape index (κ1) is 11.9. The van der Waals surface area contributed by atoms with Crippen LogP contribution in [0.1, 0.15) is 33.6 Å². The summed E-state index contributed by atoms with van der Waals surface area (Å²) in [5.41, 5.74) is -0.415. The van der Waals surface area contributed by atoms with Crippen LogP contribution in [0.25, 0.3) is 0 Å². The average Bonchev–Trinajstić information content (AvgIpc) is 2.03. The molecule has 0 aromatic carbocycles. The fraction of sp³-hybridized carbons (Fsp3) is 1.00. The number of sulfonamides is 1. The van der Waals surface area contributed by atoms with Gasteiger partial charge in [-0.05, 0) is 33.6 Å². The summed E-state index contributed by atoms with van der Waals surface area (Å²) >= 11 is 0. The zero-order chi connectivity index (χ0) is 10.8. The summed E-state index contributed by atoms with van der Waals surface area (Å²) in [6.07, 6.45) is 1.76. The maximum Gasteiger partial charge on any atom is 0.214 e. The molecule has 0 bridgehead atoms. The molecular weight excluding hydrogens is 202 g/mol. The average molecular weight is 221 g/mol. The summed E-state index contributed by atoms with van der Waals surface area (Å²) in [7, 11) is -3.19. The van der Waals surface area contributed by atoms with E-state index in [1.807, 2.05) is 6.92 Å². The van der Waals surface area contributed by atoms with E-state index in [4.69, 9.17) is 4.74 Å². The Balaban J connectivity index is 2.66. The number of ether oxygens (including phenoxy) is 1. The van der Waals surface area contributed by atoms with Crippen molar-refractivity contribution in [1.82, 2.24) is 4.72 Å². The van der Waals surface area contributed by atoms with Crippen LogP contribution in [-0.2, 0) is 14.8 Å². The summed E-state index contributed by atoms with van der Waals surface area (Å²) in [4.78, 5) is 0. The van der Waals surface area contributed by atoms with E-state index in [0.29, 0.717) is 6.61 Å². The smallest absolute Gasteiger partial charge is 0.214 e. The van der Waals surface area contributed by atoms with Crippen molar-refractivity contribution in [1.29, 1.82) is 0 Å². The Hall–Kier alpha value is -0.130. The molecule has 0 saturated carbocycles. The minimum Gasteiger partial charge on any atom is -0.380 e. The zero-order valence-electron chi connectivity index (χ0n) is 9.04. The van der Waals surface area contributed by atoms with E-state index in [-0.39, 0.29) is 5.25 Å². The van der Waals surface area contributed by atoms with E-state index in [1.165, 1.54) is 0 Å². The van der Waals surface area contributed by atoms with Gasteiger partial charge in [-0.2, -0.15) is 0 Å². The van der Waals surface area contributed by atoms with Gasteiger partial charge in [0.2, 0.25) is 10.0 Å². The summed E-state index contributed by atoms with van der Waals surface area (Å²) in [6.45, 7) is 6.45. The minimum absolute atomic E-state index is 0.388. The lowest BCUT2D eigenvalue weighted by atomic mass is 9.97. The van der Waals surface area contributed by atoms with Gasteiger partial charge in [-0.25, -0.2) is 13.1 Å². The van der Waals surface area contributed by atoms with Crippen LogP contribution >= 0.6 is 0 Å². The Kier molecular flexibility index (Phi) is 3.55. The molecule has 1 aliphatic heterocycles. The zero-order valence-corrected chi connectivity index (χ0v) is 9.86. The fourth-order valence-corrected chi connectivity index (χ4v) is 2.56. The third-order valence-electron chi connectivity index (χ3n) is 2.45. The third-order valence-corrected chi connectivity index (χ3v) is 4.47. The van der Waals surface area contributed by atoms with Gasteiger partial charge in [0.25, 0.3) is 0 Å². The first-order valence-electron chi connectivity index (χ1n) is 4.96. The van der Waals surface area contributed by atoms with E-state index < -0.39 is 15.6 Å². The van der Waals surface area contributed by atoms with Gasteiger partial charge in [0.1, 0.15) is 0 Å². The van der Waals surface area contributed by atoms with Gasteiger partial charge in [-0.1, -0.05) is 0 Å². The van der Waals surface area contributed by atoms with Crippen LogP contribution in [0.4, 0.5) is 0 Å². The molecule has 1 N–H and O–H groups in total. The third kappa shape index (κ3) is 2.93. The number of rotatable bonds is 3. The molecule has 0 aromatic heterocycles. The SMILES string of the molecule is CC(C)S(=O)(=O)NC1(C)CCCOC1. The molecule has 0 radical (unpaired) electrons. The van der Waals surface area contributed by atoms with Crippen molar-refractivity contribution < 1.29 is 13.2 Å².